The summed E-state index contributed by atoms with van der Waals surface area (Å²) >= 11 is 0. The van der Waals surface area contributed by atoms with E-state index in [1.807, 2.05) is 30.3 Å². The van der Waals surface area contributed by atoms with E-state index < -0.39 is 12.1 Å². The molecule has 26 heavy (non-hydrogen) atoms. The molecule has 0 aliphatic carbocycles. The molecule has 0 radical (unpaired) electrons. The molecule has 0 aromatic heterocycles. The van der Waals surface area contributed by atoms with E-state index in [2.05, 4.69) is 0 Å². The Morgan fingerprint density at radius 1 is 1.23 bits per heavy atom. The fraction of sp³-hybridized carbons (Fsp3) is 0.421. The number of ether oxygens (including phenoxy) is 1. The van der Waals surface area contributed by atoms with Crippen molar-refractivity contribution >= 4 is 23.9 Å². The van der Waals surface area contributed by atoms with Crippen molar-refractivity contribution in [3.05, 3.63) is 41.6 Å². The summed E-state index contributed by atoms with van der Waals surface area (Å²) in [5, 5.41) is 8.92. The molecule has 2 amide bonds. The van der Waals surface area contributed by atoms with E-state index >= 15 is 0 Å². The van der Waals surface area contributed by atoms with Gasteiger partial charge in [0.15, 0.2) is 0 Å². The number of rotatable bonds is 4. The Balaban J connectivity index is 1.75. The van der Waals surface area contributed by atoms with Crippen LogP contribution in [0, 0.1) is 0 Å². The average Bonchev–Trinajstić information content (AvgIpc) is 2.61. The topological polar surface area (TPSA) is 87.2 Å². The smallest absolute Gasteiger partial charge is 0.306 e. The normalized spacial score (nSPS) is 22.0. The van der Waals surface area contributed by atoms with E-state index in [0.29, 0.717) is 13.2 Å². The molecule has 2 atom stereocenters. The molecule has 0 unspecified atom stereocenters. The Morgan fingerprint density at radius 3 is 2.73 bits per heavy atom. The highest BCUT2D eigenvalue weighted by Crippen LogP contribution is 2.33. The first kappa shape index (κ1) is 18.1. The summed E-state index contributed by atoms with van der Waals surface area (Å²) in [6, 6.07) is 7.34. The molecule has 2 aliphatic heterocycles. The third-order valence-electron chi connectivity index (χ3n) is 4.73. The lowest BCUT2D eigenvalue weighted by atomic mass is 9.93. The van der Waals surface area contributed by atoms with E-state index in [4.69, 9.17) is 9.84 Å². The Bertz CT molecular complexity index is 745. The first-order valence-electron chi connectivity index (χ1n) is 8.63. The summed E-state index contributed by atoms with van der Waals surface area (Å²) in [6.07, 6.45) is 3.12. The number of fused-ring (bicyclic) bond motifs is 1. The standard InChI is InChI=1S/C19H22N2O5/c1-13(22)21-7-6-14-4-2-3-5-16(14)17(21)11-18(23)20-8-9-26-15(12-20)10-19(24)25/h2-7,15,17H,8-12H2,1H3,(H,24,25)/t15-,17-/m1/s1. The van der Waals surface area contributed by atoms with Crippen LogP contribution in [0.3, 0.4) is 0 Å². The minimum absolute atomic E-state index is 0.106. The highest BCUT2D eigenvalue weighted by atomic mass is 16.5. The van der Waals surface area contributed by atoms with Crippen molar-refractivity contribution in [2.75, 3.05) is 19.7 Å². The molecule has 2 aliphatic rings. The first-order valence-corrected chi connectivity index (χ1v) is 8.63. The second kappa shape index (κ2) is 7.70. The van der Waals surface area contributed by atoms with Gasteiger partial charge in [0.2, 0.25) is 11.8 Å². The van der Waals surface area contributed by atoms with Crippen molar-refractivity contribution in [1.82, 2.24) is 9.80 Å². The molecule has 2 heterocycles. The van der Waals surface area contributed by atoms with Gasteiger partial charge in [-0.15, -0.1) is 0 Å². The molecule has 7 nitrogen and oxygen atoms in total. The molecule has 138 valence electrons. The SMILES string of the molecule is CC(=O)N1C=Cc2ccccc2[C@H]1CC(=O)N1CCO[C@H](CC(=O)O)C1. The maximum Gasteiger partial charge on any atom is 0.306 e. The van der Waals surface area contributed by atoms with Crippen LogP contribution in [-0.2, 0) is 19.1 Å². The molecule has 7 heteroatoms. The van der Waals surface area contributed by atoms with Crippen LogP contribution < -0.4 is 0 Å². The van der Waals surface area contributed by atoms with Crippen molar-refractivity contribution in [3.8, 4) is 0 Å². The summed E-state index contributed by atoms with van der Waals surface area (Å²) in [4.78, 5) is 38.9. The van der Waals surface area contributed by atoms with Gasteiger partial charge in [0.25, 0.3) is 0 Å². The van der Waals surface area contributed by atoms with Crippen LogP contribution in [-0.4, -0.2) is 58.5 Å². The summed E-state index contributed by atoms with van der Waals surface area (Å²) in [6.45, 7) is 2.49. The molecule has 3 rings (SSSR count). The number of nitrogens with zero attached hydrogens (tertiary/aromatic N) is 2. The van der Waals surface area contributed by atoms with Gasteiger partial charge >= 0.3 is 5.97 Å². The number of aliphatic carboxylic acids is 1. The van der Waals surface area contributed by atoms with Gasteiger partial charge in [-0.05, 0) is 17.2 Å². The summed E-state index contributed by atoms with van der Waals surface area (Å²) in [5.41, 5.74) is 1.93. The zero-order valence-corrected chi connectivity index (χ0v) is 14.6. The van der Waals surface area contributed by atoms with Crippen molar-refractivity contribution < 1.29 is 24.2 Å². The molecule has 1 aromatic carbocycles. The van der Waals surface area contributed by atoms with E-state index in [9.17, 15) is 14.4 Å². The van der Waals surface area contributed by atoms with E-state index in [-0.39, 0.29) is 37.2 Å². The maximum absolute atomic E-state index is 12.8. The zero-order valence-electron chi connectivity index (χ0n) is 14.6. The third-order valence-corrected chi connectivity index (χ3v) is 4.73. The van der Waals surface area contributed by atoms with Crippen LogP contribution in [0.15, 0.2) is 30.5 Å². The Kier molecular flexibility index (Phi) is 5.37. The summed E-state index contributed by atoms with van der Waals surface area (Å²) in [5.74, 6) is -1.18. The predicted molar refractivity (Wildman–Crippen MR) is 93.9 cm³/mol. The largest absolute Gasteiger partial charge is 0.481 e. The Hall–Kier alpha value is -2.67. The third kappa shape index (κ3) is 3.94. The maximum atomic E-state index is 12.8. The Labute approximate surface area is 151 Å². The average molecular weight is 358 g/mol. The number of carbonyl (C=O) groups excluding carboxylic acids is 2. The molecule has 1 N–H and O–H groups in total. The van der Waals surface area contributed by atoms with Crippen molar-refractivity contribution in [2.24, 2.45) is 0 Å². The van der Waals surface area contributed by atoms with Gasteiger partial charge in [-0.3, -0.25) is 14.4 Å². The number of benzene rings is 1. The summed E-state index contributed by atoms with van der Waals surface area (Å²) < 4.78 is 5.42. The van der Waals surface area contributed by atoms with Crippen molar-refractivity contribution in [3.63, 3.8) is 0 Å². The van der Waals surface area contributed by atoms with Gasteiger partial charge in [0, 0.05) is 26.2 Å². The van der Waals surface area contributed by atoms with E-state index in [1.165, 1.54) is 6.92 Å². The highest BCUT2D eigenvalue weighted by Gasteiger charge is 2.32. The van der Waals surface area contributed by atoms with E-state index in [1.54, 1.807) is 16.0 Å². The van der Waals surface area contributed by atoms with Crippen LogP contribution >= 0.6 is 0 Å². The van der Waals surface area contributed by atoms with Crippen molar-refractivity contribution in [2.45, 2.75) is 31.9 Å². The lowest BCUT2D eigenvalue weighted by Gasteiger charge is -2.36. The molecule has 1 fully saturated rings. The molecule has 1 aromatic rings. The zero-order chi connectivity index (χ0) is 18.7. The van der Waals surface area contributed by atoms with Crippen LogP contribution in [0.25, 0.3) is 6.08 Å². The minimum Gasteiger partial charge on any atom is -0.481 e. The number of carboxylic acid groups (broad SMARTS) is 1. The van der Waals surface area contributed by atoms with Crippen LogP contribution in [0.5, 0.6) is 0 Å². The fourth-order valence-corrected chi connectivity index (χ4v) is 3.47. The predicted octanol–water partition coefficient (Wildman–Crippen LogP) is 1.65. The molecule has 1 saturated heterocycles. The second-order valence-electron chi connectivity index (χ2n) is 6.52. The Morgan fingerprint density at radius 2 is 2.00 bits per heavy atom. The van der Waals surface area contributed by atoms with E-state index in [0.717, 1.165) is 11.1 Å². The number of carbonyl (C=O) groups is 3. The van der Waals surface area contributed by atoms with Crippen molar-refractivity contribution in [1.29, 1.82) is 0 Å². The molecular formula is C19H22N2O5. The lowest BCUT2D eigenvalue weighted by molar-refractivity contribution is -0.148. The quantitative estimate of drug-likeness (QED) is 0.884. The number of morpholine rings is 1. The van der Waals surface area contributed by atoms with Gasteiger partial charge in [-0.1, -0.05) is 24.3 Å². The highest BCUT2D eigenvalue weighted by molar-refractivity contribution is 5.82. The molecule has 0 saturated carbocycles. The van der Waals surface area contributed by atoms with Gasteiger partial charge < -0.3 is 19.6 Å². The van der Waals surface area contributed by atoms with Crippen LogP contribution in [0.4, 0.5) is 0 Å². The first-order chi connectivity index (χ1) is 12.5. The minimum atomic E-state index is -0.946. The van der Waals surface area contributed by atoms with Gasteiger partial charge in [0.1, 0.15) is 0 Å². The number of carboxylic acids is 1. The second-order valence-corrected chi connectivity index (χ2v) is 6.52. The molecule has 0 spiro atoms. The van der Waals surface area contributed by atoms with Crippen LogP contribution in [0.2, 0.25) is 0 Å². The fourth-order valence-electron chi connectivity index (χ4n) is 3.47. The molecule has 0 bridgehead atoms. The number of hydrogen-bond acceptors (Lipinski definition) is 4. The van der Waals surface area contributed by atoms with Gasteiger partial charge in [-0.2, -0.15) is 0 Å². The van der Waals surface area contributed by atoms with Crippen LogP contribution in [0.1, 0.15) is 36.9 Å². The molecular weight excluding hydrogens is 336 g/mol. The monoisotopic (exact) mass is 358 g/mol. The lowest BCUT2D eigenvalue weighted by Crippen LogP contribution is -2.47. The number of hydrogen-bond donors (Lipinski definition) is 1. The summed E-state index contributed by atoms with van der Waals surface area (Å²) in [7, 11) is 0. The van der Waals surface area contributed by atoms with Gasteiger partial charge in [0.05, 0.1) is 31.6 Å². The van der Waals surface area contributed by atoms with Gasteiger partial charge in [-0.25, -0.2) is 0 Å². The number of amides is 2.